The van der Waals surface area contributed by atoms with E-state index in [1.54, 1.807) is 11.3 Å². The van der Waals surface area contributed by atoms with Gasteiger partial charge in [-0.3, -0.25) is 4.79 Å². The molecule has 24 heavy (non-hydrogen) atoms. The van der Waals surface area contributed by atoms with Crippen molar-refractivity contribution in [3.8, 4) is 0 Å². The Morgan fingerprint density at radius 1 is 1.42 bits per heavy atom. The van der Waals surface area contributed by atoms with Crippen LogP contribution in [0.2, 0.25) is 0 Å². The lowest BCUT2D eigenvalue weighted by molar-refractivity contribution is 0.0651. The first-order valence-corrected chi connectivity index (χ1v) is 9.19. The maximum Gasteiger partial charge on any atom is 0.253 e. The molecule has 2 N–H and O–H groups in total. The van der Waals surface area contributed by atoms with Gasteiger partial charge in [0.2, 0.25) is 0 Å². The van der Waals surface area contributed by atoms with Gasteiger partial charge < -0.3 is 15.3 Å². The van der Waals surface area contributed by atoms with E-state index < -0.39 is 0 Å². The molecule has 2 aromatic rings. The van der Waals surface area contributed by atoms with Gasteiger partial charge in [0.05, 0.1) is 6.54 Å². The molecule has 1 saturated heterocycles. The summed E-state index contributed by atoms with van der Waals surface area (Å²) in [5, 5.41) is 15.6. The van der Waals surface area contributed by atoms with Gasteiger partial charge in [0.1, 0.15) is 5.01 Å². The Morgan fingerprint density at radius 3 is 2.88 bits per heavy atom. The number of piperidine rings is 1. The zero-order valence-corrected chi connectivity index (χ0v) is 14.7. The Bertz CT molecular complexity index is 693. The quantitative estimate of drug-likeness (QED) is 0.874. The Morgan fingerprint density at radius 2 is 2.21 bits per heavy atom. The van der Waals surface area contributed by atoms with Crippen LogP contribution in [0.1, 0.15) is 33.9 Å². The largest absolute Gasteiger partial charge is 0.396 e. The number of nitrogens with zero attached hydrogens (tertiary/aromatic N) is 2. The summed E-state index contributed by atoms with van der Waals surface area (Å²) in [7, 11) is 0. The smallest absolute Gasteiger partial charge is 0.253 e. The van der Waals surface area contributed by atoms with Crippen molar-refractivity contribution < 1.29 is 9.90 Å². The van der Waals surface area contributed by atoms with Crippen LogP contribution in [0.4, 0.5) is 5.69 Å². The molecule has 1 amide bonds. The van der Waals surface area contributed by atoms with Crippen LogP contribution < -0.4 is 5.32 Å². The van der Waals surface area contributed by atoms with E-state index in [9.17, 15) is 9.90 Å². The number of amides is 1. The van der Waals surface area contributed by atoms with Gasteiger partial charge in [-0.1, -0.05) is 6.07 Å². The third kappa shape index (κ3) is 4.13. The van der Waals surface area contributed by atoms with Crippen molar-refractivity contribution >= 4 is 22.9 Å². The summed E-state index contributed by atoms with van der Waals surface area (Å²) in [5.41, 5.74) is 2.67. The van der Waals surface area contributed by atoms with Crippen molar-refractivity contribution in [1.29, 1.82) is 0 Å². The number of hydrogen-bond donors (Lipinski definition) is 2. The number of thiazole rings is 1. The number of hydrogen-bond acceptors (Lipinski definition) is 5. The highest BCUT2D eigenvalue weighted by molar-refractivity contribution is 7.09. The van der Waals surface area contributed by atoms with Crippen LogP contribution in [0.15, 0.2) is 29.6 Å². The highest BCUT2D eigenvalue weighted by atomic mass is 32.1. The lowest BCUT2D eigenvalue weighted by Gasteiger charge is -2.31. The van der Waals surface area contributed by atoms with Crippen LogP contribution in [-0.4, -0.2) is 40.6 Å². The number of carbonyl (C=O) groups is 1. The Balaban J connectivity index is 1.61. The maximum absolute atomic E-state index is 12.6. The van der Waals surface area contributed by atoms with Crippen molar-refractivity contribution in [1.82, 2.24) is 9.88 Å². The molecule has 0 saturated carbocycles. The first-order chi connectivity index (χ1) is 11.7. The van der Waals surface area contributed by atoms with Gasteiger partial charge >= 0.3 is 0 Å². The lowest BCUT2D eigenvalue weighted by atomic mass is 9.97. The average molecular weight is 345 g/mol. The van der Waals surface area contributed by atoms with E-state index in [1.807, 2.05) is 41.5 Å². The molecule has 0 radical (unpaired) electrons. The van der Waals surface area contributed by atoms with Gasteiger partial charge in [0.25, 0.3) is 5.91 Å². The maximum atomic E-state index is 12.6. The molecule has 1 aromatic carbocycles. The van der Waals surface area contributed by atoms with Gasteiger partial charge in [0, 0.05) is 42.0 Å². The van der Waals surface area contributed by atoms with Crippen molar-refractivity contribution in [2.45, 2.75) is 26.3 Å². The normalized spacial score (nSPS) is 15.5. The van der Waals surface area contributed by atoms with Crippen LogP contribution in [0.3, 0.4) is 0 Å². The second-order valence-corrected chi connectivity index (χ2v) is 7.18. The monoisotopic (exact) mass is 345 g/mol. The molecule has 2 heterocycles. The molecule has 1 aliphatic heterocycles. The third-order valence-corrected chi connectivity index (χ3v) is 5.35. The number of carbonyl (C=O) groups excluding carboxylic acids is 1. The number of rotatable bonds is 5. The number of nitrogens with one attached hydrogen (secondary N) is 1. The number of aromatic nitrogens is 1. The van der Waals surface area contributed by atoms with Crippen molar-refractivity contribution in [2.75, 3.05) is 25.0 Å². The van der Waals surface area contributed by atoms with E-state index in [0.29, 0.717) is 18.0 Å². The van der Waals surface area contributed by atoms with Gasteiger partial charge in [-0.2, -0.15) is 0 Å². The summed E-state index contributed by atoms with van der Waals surface area (Å²) in [5.74, 6) is 0.406. The molecular weight excluding hydrogens is 322 g/mol. The van der Waals surface area contributed by atoms with Gasteiger partial charge in [-0.05, 0) is 43.9 Å². The minimum absolute atomic E-state index is 0.0696. The molecular formula is C18H23N3O2S. The highest BCUT2D eigenvalue weighted by Gasteiger charge is 2.23. The Kier molecular flexibility index (Phi) is 5.48. The fourth-order valence-electron chi connectivity index (χ4n) is 2.92. The van der Waals surface area contributed by atoms with Crippen LogP contribution in [0, 0.1) is 12.8 Å². The molecule has 0 bridgehead atoms. The molecule has 0 aliphatic carbocycles. The highest BCUT2D eigenvalue weighted by Crippen LogP contribution is 2.20. The van der Waals surface area contributed by atoms with E-state index in [0.717, 1.165) is 42.3 Å². The standard InChI is InChI=1S/C18H23N3O2S/c1-13-12-24-17(20-13)10-19-16-4-2-3-15(9-16)18(23)21-7-5-14(11-22)6-8-21/h2-4,9,12,14,19,22H,5-8,10-11H2,1H3. The minimum Gasteiger partial charge on any atom is -0.396 e. The molecule has 5 nitrogen and oxygen atoms in total. The molecule has 6 heteroatoms. The topological polar surface area (TPSA) is 65.5 Å². The lowest BCUT2D eigenvalue weighted by Crippen LogP contribution is -2.39. The molecule has 0 spiro atoms. The molecule has 1 aliphatic rings. The predicted molar refractivity (Wildman–Crippen MR) is 96.3 cm³/mol. The van der Waals surface area contributed by atoms with Crippen molar-refractivity contribution in [3.05, 3.63) is 45.9 Å². The van der Waals surface area contributed by atoms with Crippen LogP contribution in [0.5, 0.6) is 0 Å². The van der Waals surface area contributed by atoms with Gasteiger partial charge in [-0.15, -0.1) is 11.3 Å². The van der Waals surface area contributed by atoms with Crippen molar-refractivity contribution in [3.63, 3.8) is 0 Å². The third-order valence-electron chi connectivity index (χ3n) is 4.38. The Hall–Kier alpha value is -1.92. The van der Waals surface area contributed by atoms with E-state index in [2.05, 4.69) is 10.3 Å². The van der Waals surface area contributed by atoms with Gasteiger partial charge in [0.15, 0.2) is 0 Å². The summed E-state index contributed by atoms with van der Waals surface area (Å²) in [6, 6.07) is 7.64. The second kappa shape index (κ2) is 7.77. The van der Waals surface area contributed by atoms with E-state index in [1.165, 1.54) is 0 Å². The average Bonchev–Trinajstić information content (AvgIpc) is 3.05. The summed E-state index contributed by atoms with van der Waals surface area (Å²) in [6.07, 6.45) is 1.76. The summed E-state index contributed by atoms with van der Waals surface area (Å²) in [4.78, 5) is 19.0. The molecule has 3 rings (SSSR count). The molecule has 0 unspecified atom stereocenters. The number of likely N-dealkylation sites (tertiary alicyclic amines) is 1. The Labute approximate surface area is 146 Å². The SMILES string of the molecule is Cc1csc(CNc2cccc(C(=O)N3CCC(CO)CC3)c2)n1. The van der Waals surface area contributed by atoms with Gasteiger partial charge in [-0.25, -0.2) is 4.98 Å². The van der Waals surface area contributed by atoms with Crippen LogP contribution in [0.25, 0.3) is 0 Å². The van der Waals surface area contributed by atoms with Crippen LogP contribution in [-0.2, 0) is 6.54 Å². The number of aliphatic hydroxyl groups excluding tert-OH is 1. The fraction of sp³-hybridized carbons (Fsp3) is 0.444. The summed E-state index contributed by atoms with van der Waals surface area (Å²) in [6.45, 7) is 4.31. The fourth-order valence-corrected chi connectivity index (χ4v) is 3.64. The first-order valence-electron chi connectivity index (χ1n) is 8.31. The number of aliphatic hydroxyl groups is 1. The number of benzene rings is 1. The predicted octanol–water partition coefficient (Wildman–Crippen LogP) is 2.91. The summed E-state index contributed by atoms with van der Waals surface area (Å²) < 4.78 is 0. The van der Waals surface area contributed by atoms with Crippen LogP contribution >= 0.6 is 11.3 Å². The minimum atomic E-state index is 0.0696. The molecule has 1 aromatic heterocycles. The summed E-state index contributed by atoms with van der Waals surface area (Å²) >= 11 is 1.64. The number of aryl methyl sites for hydroxylation is 1. The van der Waals surface area contributed by atoms with E-state index in [4.69, 9.17) is 0 Å². The van der Waals surface area contributed by atoms with E-state index in [-0.39, 0.29) is 12.5 Å². The second-order valence-electron chi connectivity index (χ2n) is 6.24. The molecule has 0 atom stereocenters. The zero-order valence-electron chi connectivity index (χ0n) is 13.9. The van der Waals surface area contributed by atoms with E-state index >= 15 is 0 Å². The van der Waals surface area contributed by atoms with Crippen molar-refractivity contribution in [2.24, 2.45) is 5.92 Å². The number of anilines is 1. The molecule has 1 fully saturated rings. The molecule has 128 valence electrons. The first kappa shape index (κ1) is 16.9. The zero-order chi connectivity index (χ0) is 16.9.